The van der Waals surface area contributed by atoms with Gasteiger partial charge < -0.3 is 9.80 Å². The fraction of sp³-hybridized carbons (Fsp3) is 0.692. The third kappa shape index (κ3) is 3.56. The molecule has 1 fully saturated rings. The number of likely N-dealkylation sites (tertiary alicyclic amines) is 1. The second-order valence-corrected chi connectivity index (χ2v) is 5.41. The summed E-state index contributed by atoms with van der Waals surface area (Å²) in [6.45, 7) is 3.47. The largest absolute Gasteiger partial charge is 0.358 e. The molecule has 0 bridgehead atoms. The number of anilines is 1. The minimum absolute atomic E-state index is 0.423. The molecule has 0 amide bonds. The Hall–Kier alpha value is -0.870. The van der Waals surface area contributed by atoms with Gasteiger partial charge in [0.25, 0.3) is 0 Å². The van der Waals surface area contributed by atoms with Gasteiger partial charge in [0.15, 0.2) is 5.82 Å². The number of hydrogen-bond acceptors (Lipinski definition) is 4. The molecule has 0 unspecified atom stereocenters. The summed E-state index contributed by atoms with van der Waals surface area (Å²) in [6, 6.07) is 3.94. The first-order valence-corrected chi connectivity index (χ1v) is 7.00. The molecule has 2 heterocycles. The van der Waals surface area contributed by atoms with Crippen molar-refractivity contribution in [3.8, 4) is 0 Å². The number of halogens is 1. The zero-order valence-corrected chi connectivity index (χ0v) is 11.9. The molecule has 1 aromatic heterocycles. The fourth-order valence-corrected chi connectivity index (χ4v) is 2.50. The standard InChI is InChI=1S/C13H21ClN4/c1-17-7-5-11(6-8-17)10-18(2)13-4-3-12(9-14)15-16-13/h3-4,11H,5-10H2,1-2H3. The van der Waals surface area contributed by atoms with Gasteiger partial charge in [-0.3, -0.25) is 0 Å². The van der Waals surface area contributed by atoms with Crippen molar-refractivity contribution in [2.24, 2.45) is 5.92 Å². The predicted octanol–water partition coefficient (Wildman–Crippen LogP) is 1.99. The number of rotatable bonds is 4. The molecule has 18 heavy (non-hydrogen) atoms. The van der Waals surface area contributed by atoms with E-state index in [4.69, 9.17) is 11.6 Å². The van der Waals surface area contributed by atoms with Crippen LogP contribution in [0.5, 0.6) is 0 Å². The maximum Gasteiger partial charge on any atom is 0.150 e. The average molecular weight is 269 g/mol. The lowest BCUT2D eigenvalue weighted by molar-refractivity contribution is 0.222. The van der Waals surface area contributed by atoms with Gasteiger partial charge in [-0.15, -0.1) is 16.7 Å². The lowest BCUT2D eigenvalue weighted by atomic mass is 9.97. The van der Waals surface area contributed by atoms with Crippen molar-refractivity contribution in [1.29, 1.82) is 0 Å². The molecule has 1 aliphatic rings. The highest BCUT2D eigenvalue weighted by Gasteiger charge is 2.18. The quantitative estimate of drug-likeness (QED) is 0.782. The molecular weight excluding hydrogens is 248 g/mol. The summed E-state index contributed by atoms with van der Waals surface area (Å²) in [6.07, 6.45) is 2.54. The van der Waals surface area contributed by atoms with Crippen LogP contribution in [0.15, 0.2) is 12.1 Å². The molecule has 5 heteroatoms. The van der Waals surface area contributed by atoms with Crippen LogP contribution in [0.3, 0.4) is 0 Å². The van der Waals surface area contributed by atoms with Crippen LogP contribution in [0.1, 0.15) is 18.5 Å². The van der Waals surface area contributed by atoms with E-state index >= 15 is 0 Å². The van der Waals surface area contributed by atoms with Crippen molar-refractivity contribution in [3.63, 3.8) is 0 Å². The highest BCUT2D eigenvalue weighted by molar-refractivity contribution is 6.16. The number of nitrogens with zero attached hydrogens (tertiary/aromatic N) is 4. The molecule has 0 N–H and O–H groups in total. The summed E-state index contributed by atoms with van der Waals surface area (Å²) in [4.78, 5) is 4.59. The number of piperidine rings is 1. The van der Waals surface area contributed by atoms with Crippen LogP contribution in [0.4, 0.5) is 5.82 Å². The van der Waals surface area contributed by atoms with Crippen molar-refractivity contribution < 1.29 is 0 Å². The van der Waals surface area contributed by atoms with Crippen LogP contribution in [0.25, 0.3) is 0 Å². The lowest BCUT2D eigenvalue weighted by Crippen LogP contribution is -2.36. The Kier molecular flexibility index (Phi) is 4.78. The summed E-state index contributed by atoms with van der Waals surface area (Å²) in [5, 5.41) is 8.30. The van der Waals surface area contributed by atoms with Crippen molar-refractivity contribution in [3.05, 3.63) is 17.8 Å². The van der Waals surface area contributed by atoms with E-state index in [0.717, 1.165) is 24.0 Å². The molecule has 1 aromatic rings. The molecule has 4 nitrogen and oxygen atoms in total. The molecule has 1 saturated heterocycles. The van der Waals surface area contributed by atoms with E-state index in [1.54, 1.807) is 0 Å². The molecule has 0 aliphatic carbocycles. The van der Waals surface area contributed by atoms with E-state index in [2.05, 4.69) is 34.1 Å². The van der Waals surface area contributed by atoms with Gasteiger partial charge in [-0.25, -0.2) is 0 Å². The van der Waals surface area contributed by atoms with E-state index in [1.165, 1.54) is 25.9 Å². The van der Waals surface area contributed by atoms with Crippen LogP contribution < -0.4 is 4.90 Å². The first-order valence-electron chi connectivity index (χ1n) is 6.47. The Bertz CT molecular complexity index is 360. The van der Waals surface area contributed by atoms with Crippen LogP contribution in [0.2, 0.25) is 0 Å². The minimum Gasteiger partial charge on any atom is -0.358 e. The second kappa shape index (κ2) is 6.34. The fourth-order valence-electron chi connectivity index (χ4n) is 2.35. The third-order valence-corrected chi connectivity index (χ3v) is 3.88. The van der Waals surface area contributed by atoms with Gasteiger partial charge in [0.05, 0.1) is 11.6 Å². The Morgan fingerprint density at radius 2 is 2.06 bits per heavy atom. The average Bonchev–Trinajstić information content (AvgIpc) is 2.41. The Labute approximate surface area is 114 Å². The first-order chi connectivity index (χ1) is 8.69. The SMILES string of the molecule is CN1CCC(CN(C)c2ccc(CCl)nn2)CC1. The van der Waals surface area contributed by atoms with Crippen molar-refractivity contribution in [1.82, 2.24) is 15.1 Å². The van der Waals surface area contributed by atoms with Gasteiger partial charge in [0.1, 0.15) is 0 Å². The molecule has 0 spiro atoms. The summed E-state index contributed by atoms with van der Waals surface area (Å²) >= 11 is 5.71. The number of hydrogen-bond donors (Lipinski definition) is 0. The zero-order valence-electron chi connectivity index (χ0n) is 11.1. The van der Waals surface area contributed by atoms with Crippen molar-refractivity contribution >= 4 is 17.4 Å². The summed E-state index contributed by atoms with van der Waals surface area (Å²) < 4.78 is 0. The van der Waals surface area contributed by atoms with Gasteiger partial charge in [-0.2, -0.15) is 5.10 Å². The predicted molar refractivity (Wildman–Crippen MR) is 75.1 cm³/mol. The van der Waals surface area contributed by atoms with Crippen LogP contribution in [0, 0.1) is 5.92 Å². The minimum atomic E-state index is 0.423. The van der Waals surface area contributed by atoms with Crippen molar-refractivity contribution in [2.75, 3.05) is 38.6 Å². The monoisotopic (exact) mass is 268 g/mol. The molecular formula is C13H21ClN4. The normalized spacial score (nSPS) is 17.9. The Morgan fingerprint density at radius 1 is 1.33 bits per heavy atom. The number of aromatic nitrogens is 2. The second-order valence-electron chi connectivity index (χ2n) is 5.14. The van der Waals surface area contributed by atoms with Crippen LogP contribution >= 0.6 is 11.6 Å². The summed E-state index contributed by atoms with van der Waals surface area (Å²) in [5.74, 6) is 2.12. The van der Waals surface area contributed by atoms with Gasteiger partial charge in [-0.05, 0) is 51.0 Å². The summed E-state index contributed by atoms with van der Waals surface area (Å²) in [5.41, 5.74) is 0.827. The highest BCUT2D eigenvalue weighted by atomic mass is 35.5. The van der Waals surface area contributed by atoms with Crippen LogP contribution in [-0.4, -0.2) is 48.8 Å². The van der Waals surface area contributed by atoms with Crippen molar-refractivity contribution in [2.45, 2.75) is 18.7 Å². The lowest BCUT2D eigenvalue weighted by Gasteiger charge is -2.31. The van der Waals surface area contributed by atoms with Gasteiger partial charge in [-0.1, -0.05) is 0 Å². The molecule has 0 atom stereocenters. The van der Waals surface area contributed by atoms with Gasteiger partial charge in [0.2, 0.25) is 0 Å². The Balaban J connectivity index is 1.88. The molecule has 0 aromatic carbocycles. The molecule has 1 aliphatic heterocycles. The van der Waals surface area contributed by atoms with E-state index in [-0.39, 0.29) is 0 Å². The first kappa shape index (κ1) is 13.6. The van der Waals surface area contributed by atoms with Gasteiger partial charge >= 0.3 is 0 Å². The third-order valence-electron chi connectivity index (χ3n) is 3.60. The smallest absolute Gasteiger partial charge is 0.150 e. The van der Waals surface area contributed by atoms with E-state index in [9.17, 15) is 0 Å². The maximum atomic E-state index is 5.71. The molecule has 2 rings (SSSR count). The van der Waals surface area contributed by atoms with Crippen LogP contribution in [-0.2, 0) is 5.88 Å². The van der Waals surface area contributed by atoms with E-state index < -0.39 is 0 Å². The van der Waals surface area contributed by atoms with Gasteiger partial charge in [0, 0.05) is 13.6 Å². The molecule has 0 radical (unpaired) electrons. The molecule has 100 valence electrons. The van der Waals surface area contributed by atoms with E-state index in [0.29, 0.717) is 5.88 Å². The van der Waals surface area contributed by atoms with E-state index in [1.807, 2.05) is 12.1 Å². The zero-order chi connectivity index (χ0) is 13.0. The Morgan fingerprint density at radius 3 is 2.61 bits per heavy atom. The number of alkyl halides is 1. The maximum absolute atomic E-state index is 5.71. The topological polar surface area (TPSA) is 32.3 Å². The summed E-state index contributed by atoms with van der Waals surface area (Å²) in [7, 11) is 4.28. The highest BCUT2D eigenvalue weighted by Crippen LogP contribution is 2.19. The molecule has 0 saturated carbocycles.